The fourth-order valence-corrected chi connectivity index (χ4v) is 4.54. The van der Waals surface area contributed by atoms with E-state index in [4.69, 9.17) is 4.74 Å². The molecule has 3 heterocycles. The summed E-state index contributed by atoms with van der Waals surface area (Å²) >= 11 is 1.66. The molecule has 128 valence electrons. The molecule has 2 aliphatic rings. The van der Waals surface area contributed by atoms with Gasteiger partial charge in [0.1, 0.15) is 5.82 Å². The fourth-order valence-electron chi connectivity index (χ4n) is 3.72. The van der Waals surface area contributed by atoms with Crippen molar-refractivity contribution in [3.8, 4) is 0 Å². The molecule has 1 aromatic heterocycles. The van der Waals surface area contributed by atoms with Crippen LogP contribution in [-0.2, 0) is 9.53 Å². The molecule has 24 heavy (non-hydrogen) atoms. The van der Waals surface area contributed by atoms with Gasteiger partial charge in [-0.25, -0.2) is 4.98 Å². The Morgan fingerprint density at radius 2 is 2.17 bits per heavy atom. The lowest BCUT2D eigenvalue weighted by Crippen LogP contribution is -2.64. The molecule has 1 aromatic carbocycles. The molecule has 0 aliphatic carbocycles. The monoisotopic (exact) mass is 345 g/mol. The Morgan fingerprint density at radius 3 is 2.88 bits per heavy atom. The number of thioether (sulfide) groups is 1. The highest BCUT2D eigenvalue weighted by atomic mass is 32.2. The van der Waals surface area contributed by atoms with Gasteiger partial charge in [0.05, 0.1) is 22.0 Å². The molecule has 2 saturated heterocycles. The zero-order valence-corrected chi connectivity index (χ0v) is 14.8. The molecule has 1 atom stereocenters. The minimum Gasteiger partial charge on any atom is -0.381 e. The number of amides is 1. The summed E-state index contributed by atoms with van der Waals surface area (Å²) in [4.78, 5) is 22.7. The third-order valence-electron chi connectivity index (χ3n) is 5.35. The summed E-state index contributed by atoms with van der Waals surface area (Å²) in [6.45, 7) is 4.58. The number of carbonyl (C=O) groups is 1. The predicted octanol–water partition coefficient (Wildman–Crippen LogP) is 3.14. The molecular formula is C18H23N3O2S. The van der Waals surface area contributed by atoms with E-state index < -0.39 is 0 Å². The molecule has 5 nitrogen and oxygen atoms in total. The number of hydrogen-bond donors (Lipinski definition) is 1. The Bertz CT molecular complexity index is 706. The minimum absolute atomic E-state index is 0.0957. The van der Waals surface area contributed by atoms with Crippen LogP contribution in [0.4, 0.5) is 0 Å². The first kappa shape index (κ1) is 16.0. The Kier molecular flexibility index (Phi) is 4.26. The van der Waals surface area contributed by atoms with Crippen molar-refractivity contribution in [2.24, 2.45) is 0 Å². The van der Waals surface area contributed by atoms with Crippen LogP contribution in [0.2, 0.25) is 0 Å². The number of para-hydroxylation sites is 2. The number of H-pyrrole nitrogens is 1. The van der Waals surface area contributed by atoms with Crippen LogP contribution in [0.1, 0.15) is 37.3 Å². The second kappa shape index (κ2) is 6.41. The first-order valence-electron chi connectivity index (χ1n) is 8.62. The molecule has 1 spiro atoms. The average molecular weight is 345 g/mol. The lowest BCUT2D eigenvalue weighted by Gasteiger charge is -2.54. The number of aromatic amines is 1. The van der Waals surface area contributed by atoms with Gasteiger partial charge in [-0.05, 0) is 38.3 Å². The van der Waals surface area contributed by atoms with E-state index >= 15 is 0 Å². The summed E-state index contributed by atoms with van der Waals surface area (Å²) in [6.07, 6.45) is 3.11. The first-order valence-corrected chi connectivity index (χ1v) is 9.67. The molecule has 2 aliphatic heterocycles. The predicted molar refractivity (Wildman–Crippen MR) is 96.1 cm³/mol. The number of nitrogens with one attached hydrogen (secondary N) is 1. The second-order valence-corrected chi connectivity index (χ2v) is 8.05. The van der Waals surface area contributed by atoms with Crippen molar-refractivity contribution in [1.82, 2.24) is 14.9 Å². The third-order valence-corrected chi connectivity index (χ3v) is 6.48. The van der Waals surface area contributed by atoms with Crippen LogP contribution in [0.5, 0.6) is 0 Å². The number of likely N-dealkylation sites (tertiary alicyclic amines) is 1. The van der Waals surface area contributed by atoms with Crippen LogP contribution in [0.15, 0.2) is 24.3 Å². The number of benzene rings is 1. The van der Waals surface area contributed by atoms with Crippen molar-refractivity contribution in [1.29, 1.82) is 0 Å². The maximum Gasteiger partial charge on any atom is 0.233 e. The smallest absolute Gasteiger partial charge is 0.233 e. The molecule has 1 amide bonds. The number of ether oxygens (including phenoxy) is 1. The van der Waals surface area contributed by atoms with Gasteiger partial charge in [-0.3, -0.25) is 4.79 Å². The van der Waals surface area contributed by atoms with Crippen molar-refractivity contribution in [2.45, 2.75) is 37.0 Å². The van der Waals surface area contributed by atoms with E-state index in [9.17, 15) is 4.79 Å². The van der Waals surface area contributed by atoms with E-state index in [1.807, 2.05) is 24.3 Å². The number of rotatable bonds is 4. The molecule has 6 heteroatoms. The summed E-state index contributed by atoms with van der Waals surface area (Å²) in [6, 6.07) is 8.03. The zero-order valence-electron chi connectivity index (χ0n) is 14.0. The molecule has 4 rings (SSSR count). The van der Waals surface area contributed by atoms with Crippen molar-refractivity contribution in [2.75, 3.05) is 25.5 Å². The Labute approximate surface area is 146 Å². The number of nitrogens with zero attached hydrogens (tertiary/aromatic N) is 2. The number of hydrogen-bond acceptors (Lipinski definition) is 4. The number of fused-ring (bicyclic) bond motifs is 1. The van der Waals surface area contributed by atoms with E-state index in [1.54, 1.807) is 11.8 Å². The normalized spacial score (nSPS) is 21.0. The van der Waals surface area contributed by atoms with Crippen LogP contribution in [0.25, 0.3) is 11.0 Å². The highest BCUT2D eigenvalue weighted by molar-refractivity contribution is 8.00. The largest absolute Gasteiger partial charge is 0.381 e. The Morgan fingerprint density at radius 1 is 1.38 bits per heavy atom. The first-order chi connectivity index (χ1) is 11.7. The van der Waals surface area contributed by atoms with Gasteiger partial charge in [0, 0.05) is 25.3 Å². The summed E-state index contributed by atoms with van der Waals surface area (Å²) in [5, 5.41) is 0.174. The van der Waals surface area contributed by atoms with Crippen molar-refractivity contribution in [3.63, 3.8) is 0 Å². The Hall–Kier alpha value is -1.53. The average Bonchev–Trinajstić information content (AvgIpc) is 3.03. The molecule has 1 N–H and O–H groups in total. The van der Waals surface area contributed by atoms with Crippen LogP contribution in [0, 0.1) is 0 Å². The summed E-state index contributed by atoms with van der Waals surface area (Å²) in [5.74, 6) is 1.72. The SMILES string of the molecule is CC(SCC(=O)N1CCC12CCOCC2)c1nc2ccccc2[nH]1. The number of imidazole rings is 1. The van der Waals surface area contributed by atoms with Gasteiger partial charge in [-0.2, -0.15) is 0 Å². The molecule has 1 unspecified atom stereocenters. The summed E-state index contributed by atoms with van der Waals surface area (Å²) in [7, 11) is 0. The third kappa shape index (κ3) is 2.82. The number of aromatic nitrogens is 2. The van der Waals surface area contributed by atoms with Crippen LogP contribution in [0.3, 0.4) is 0 Å². The maximum atomic E-state index is 12.6. The van der Waals surface area contributed by atoms with Gasteiger partial charge in [-0.1, -0.05) is 12.1 Å². The van der Waals surface area contributed by atoms with Gasteiger partial charge in [0.2, 0.25) is 5.91 Å². The van der Waals surface area contributed by atoms with Crippen molar-refractivity contribution < 1.29 is 9.53 Å². The topological polar surface area (TPSA) is 58.2 Å². The Balaban J connectivity index is 1.36. The highest BCUT2D eigenvalue weighted by Crippen LogP contribution is 2.40. The highest BCUT2D eigenvalue weighted by Gasteiger charge is 2.47. The van der Waals surface area contributed by atoms with E-state index in [2.05, 4.69) is 21.8 Å². The van der Waals surface area contributed by atoms with Gasteiger partial charge in [-0.15, -0.1) is 11.8 Å². The molecule has 0 bridgehead atoms. The van der Waals surface area contributed by atoms with E-state index in [1.165, 1.54) is 0 Å². The van der Waals surface area contributed by atoms with E-state index in [-0.39, 0.29) is 16.7 Å². The van der Waals surface area contributed by atoms with Gasteiger partial charge < -0.3 is 14.6 Å². The minimum atomic E-state index is 0.0957. The molecular weight excluding hydrogens is 322 g/mol. The lowest BCUT2D eigenvalue weighted by molar-refractivity contribution is -0.153. The lowest BCUT2D eigenvalue weighted by atomic mass is 9.78. The van der Waals surface area contributed by atoms with Gasteiger partial charge in [0.15, 0.2) is 0 Å². The van der Waals surface area contributed by atoms with Crippen molar-refractivity contribution in [3.05, 3.63) is 30.1 Å². The zero-order chi connectivity index (χ0) is 16.6. The molecule has 0 radical (unpaired) electrons. The standard InChI is InChI=1S/C18H23N3O2S/c1-13(17-19-14-4-2-3-5-15(14)20-17)24-12-16(22)21-9-6-18(21)7-10-23-11-8-18/h2-5,13H,6-12H2,1H3,(H,19,20). The van der Waals surface area contributed by atoms with Gasteiger partial charge in [0.25, 0.3) is 0 Å². The van der Waals surface area contributed by atoms with Crippen LogP contribution in [-0.4, -0.2) is 51.8 Å². The van der Waals surface area contributed by atoms with E-state index in [0.29, 0.717) is 5.75 Å². The quantitative estimate of drug-likeness (QED) is 0.925. The summed E-state index contributed by atoms with van der Waals surface area (Å²) < 4.78 is 5.46. The molecule has 0 saturated carbocycles. The fraction of sp³-hybridized carbons (Fsp3) is 0.556. The molecule has 2 aromatic rings. The molecule has 2 fully saturated rings. The van der Waals surface area contributed by atoms with Crippen LogP contribution < -0.4 is 0 Å². The van der Waals surface area contributed by atoms with Crippen LogP contribution >= 0.6 is 11.8 Å². The van der Waals surface area contributed by atoms with Crippen molar-refractivity contribution >= 4 is 28.7 Å². The maximum absolute atomic E-state index is 12.6. The van der Waals surface area contributed by atoms with Gasteiger partial charge >= 0.3 is 0 Å². The van der Waals surface area contributed by atoms with E-state index in [0.717, 1.165) is 55.9 Å². The second-order valence-electron chi connectivity index (χ2n) is 6.72. The number of carbonyl (C=O) groups excluding carboxylic acids is 1. The summed E-state index contributed by atoms with van der Waals surface area (Å²) in [5.41, 5.74) is 2.13.